The van der Waals surface area contributed by atoms with Crippen molar-refractivity contribution < 1.29 is 143 Å². The van der Waals surface area contributed by atoms with Crippen LogP contribution in [-0.2, 0) is 33.6 Å². The molecular weight excluding hydrogens is 2110 g/mol. The molecule has 7 aromatic carbocycles. The average molecular weight is 2200 g/mol. The lowest BCUT2D eigenvalue weighted by molar-refractivity contribution is -0.138. The first kappa shape index (κ1) is 110. The molecule has 0 radical (unpaired) electrons. The lowest BCUT2D eigenvalue weighted by Gasteiger charge is -2.13. The van der Waals surface area contributed by atoms with Gasteiger partial charge in [-0.05, 0) is 213 Å². The number of benzene rings is 7. The van der Waals surface area contributed by atoms with Crippen molar-refractivity contribution in [1.29, 1.82) is 0 Å². The van der Waals surface area contributed by atoms with Crippen LogP contribution in [0.4, 0.5) is 0 Å². The number of phenolic OH excluding ortho intramolecular Hbond substituents is 7. The highest BCUT2D eigenvalue weighted by atomic mass is 127. The second-order valence-electron chi connectivity index (χ2n) is 26.3. The van der Waals surface area contributed by atoms with Gasteiger partial charge in [0.2, 0.25) is 0 Å². The zero-order chi connectivity index (χ0) is 94.3. The number of methoxy groups -OCH3 is 1. The van der Waals surface area contributed by atoms with E-state index in [2.05, 4.69) is 85.0 Å². The third kappa shape index (κ3) is 42.8. The molecule has 668 valence electrons. The highest BCUT2D eigenvalue weighted by Crippen LogP contribution is 2.34. The molecule has 7 rings (SSSR count). The van der Waals surface area contributed by atoms with E-state index in [1.807, 2.05) is 45.2 Å². The molecule has 0 aliphatic rings. The Kier molecular flexibility index (Phi) is 49.1. The van der Waals surface area contributed by atoms with Crippen LogP contribution in [0.15, 0.2) is 123 Å². The molecule has 0 aliphatic carbocycles. The number of rotatable bonds is 29. The summed E-state index contributed by atoms with van der Waals surface area (Å²) in [5.41, 5.74) is 1.10. The summed E-state index contributed by atoms with van der Waals surface area (Å²) in [4.78, 5) is 156. The lowest BCUT2D eigenvalue weighted by atomic mass is 10.1. The van der Waals surface area contributed by atoms with Crippen LogP contribution in [0.2, 0.25) is 15.1 Å². The van der Waals surface area contributed by atoms with Gasteiger partial charge < -0.3 is 113 Å². The number of aliphatic carboxylic acids is 7. The molecule has 7 unspecified atom stereocenters. The second kappa shape index (κ2) is 54.7. The Morgan fingerprint density at radius 1 is 0.341 bits per heavy atom. The van der Waals surface area contributed by atoms with Gasteiger partial charge in [0.05, 0.1) is 104 Å². The van der Waals surface area contributed by atoms with Gasteiger partial charge in [0.25, 0.3) is 41.4 Å². The van der Waals surface area contributed by atoms with Crippen LogP contribution in [0, 0.1) is 14.1 Å². The van der Waals surface area contributed by atoms with Crippen LogP contribution in [0.1, 0.15) is 171 Å². The summed E-state index contributed by atoms with van der Waals surface area (Å²) in [7, 11) is 1.45. The fraction of sp³-hybridized carbons (Fsp3) is 0.291. The third-order valence-electron chi connectivity index (χ3n) is 15.2. The van der Waals surface area contributed by atoms with E-state index in [0.717, 1.165) is 3.57 Å². The van der Waals surface area contributed by atoms with Crippen LogP contribution >= 0.6 is 128 Å². The fourth-order valence-corrected chi connectivity index (χ4v) is 13.7. The predicted octanol–water partition coefficient (Wildman–Crippen LogP) is 12.7. The minimum atomic E-state index is -1.03. The van der Waals surface area contributed by atoms with Crippen molar-refractivity contribution in [2.45, 2.75) is 143 Å². The minimum absolute atomic E-state index is 0.0229. The smallest absolute Gasteiger partial charge is 0.305 e. The van der Waals surface area contributed by atoms with Gasteiger partial charge in [0, 0.05) is 70.9 Å². The Labute approximate surface area is 770 Å². The summed E-state index contributed by atoms with van der Waals surface area (Å²) >= 11 is 30.6. The zero-order valence-corrected chi connectivity index (χ0v) is 77.6. The predicted molar refractivity (Wildman–Crippen MR) is 476 cm³/mol. The van der Waals surface area contributed by atoms with E-state index in [1.165, 1.54) is 86.8 Å². The molecule has 21 N–H and O–H groups in total. The molecular formula is C79H87Br3Cl3I2N7O29. The molecule has 7 aromatic rings. The van der Waals surface area contributed by atoms with Crippen LogP contribution in [0.25, 0.3) is 0 Å². The maximum atomic E-state index is 11.9. The average Bonchev–Trinajstić information content (AvgIpc) is 0.821. The lowest BCUT2D eigenvalue weighted by Crippen LogP contribution is -2.34. The monoisotopic (exact) mass is 2190 g/mol. The third-order valence-corrected chi connectivity index (χ3v) is 18.9. The van der Waals surface area contributed by atoms with Crippen LogP contribution < -0.4 is 42.0 Å². The first-order valence-electron chi connectivity index (χ1n) is 35.4. The number of aromatic hydroxyl groups is 7. The molecule has 0 saturated heterocycles. The van der Waals surface area contributed by atoms with Crippen LogP contribution in [-0.4, -0.2) is 204 Å². The van der Waals surface area contributed by atoms with Crippen molar-refractivity contribution in [2.75, 3.05) is 7.11 Å². The standard InChI is InChI=1S/C12H15NO5.C12H15NO4.C11H11Br2NO4.C11H12BrNO4.C11H11Cl2NO4.C11H12ClNO4.C11H11I2NO4/c1-7(5-11(15)16)13-12(17)9-4-3-8(18-2)6-10(9)14;1-7-4-3-5-9(11(7)16)12(17)13-8(2)6-10(14)15;1-5(2-9(15)16)14-11(18)7-3-6(12)4-8(13)10(7)17;1-6(4-10(15)16)13-11(17)8-5-7(12)2-3-9(8)14;1-5(2-9(15)16)14-11(18)7-3-6(12)4-8(13)10(7)17;1-6(4-10(15)16)13-11(17)8-5-7(12)2-3-9(8)14;1-5(2-9(15)16)14-11(18)7-3-6(12)4-8(13)10(7)17/h3-4,6-7,14H,5H2,1-2H3,(H,13,17)(H,15,16);3-5,8,16H,6H2,1-2H3,(H,13,17)(H,14,15);3-5,17H,2H2,1H3,(H,14,18)(H,15,16);2-3,5-6,14H,4H2,1H3,(H,13,17)(H,15,16);3-5,17H,2H2,1H3,(H,14,18)(H,15,16);2-3,5-6,14H,4H2,1H3,(H,13,17)(H,15,16);3-5,17H,2H2,1H3,(H,14,18)(H,15,16). The number of hydrogen-bond acceptors (Lipinski definition) is 22. The Hall–Kier alpha value is -10.7. The Bertz CT molecular complexity index is 4640. The van der Waals surface area contributed by atoms with Gasteiger partial charge in [-0.15, -0.1) is 0 Å². The summed E-state index contributed by atoms with van der Waals surface area (Å²) in [6.45, 7) is 12.7. The molecule has 0 aliphatic heterocycles. The minimum Gasteiger partial charge on any atom is -0.507 e. The summed E-state index contributed by atoms with van der Waals surface area (Å²) in [6, 6.07) is 22.9. The quantitative estimate of drug-likeness (QED) is 0.0194. The molecule has 0 aromatic heterocycles. The number of aryl methyl sites for hydroxylation is 1. The number of hydrogen-bond donors (Lipinski definition) is 21. The van der Waals surface area contributed by atoms with Crippen molar-refractivity contribution in [3.05, 3.63) is 189 Å². The van der Waals surface area contributed by atoms with Gasteiger partial charge in [-0.3, -0.25) is 67.1 Å². The topological polar surface area (TPSA) is 616 Å². The molecule has 0 fully saturated rings. The van der Waals surface area contributed by atoms with Crippen molar-refractivity contribution in [3.8, 4) is 46.0 Å². The van der Waals surface area contributed by atoms with Gasteiger partial charge in [-0.1, -0.05) is 78.8 Å². The maximum absolute atomic E-state index is 11.9. The van der Waals surface area contributed by atoms with E-state index in [0.29, 0.717) is 33.3 Å². The number of amides is 7. The number of halogens is 8. The number of nitrogens with one attached hydrogen (secondary N) is 7. The number of ether oxygens (including phenoxy) is 1. The summed E-state index contributed by atoms with van der Waals surface area (Å²) in [5.74, 6) is -11.5. The van der Waals surface area contributed by atoms with Crippen LogP contribution in [0.3, 0.4) is 0 Å². The van der Waals surface area contributed by atoms with Crippen molar-refractivity contribution in [3.63, 3.8) is 0 Å². The first-order chi connectivity index (χ1) is 57.1. The summed E-state index contributed by atoms with van der Waals surface area (Å²) in [6.07, 6.45) is -1.25. The molecule has 123 heavy (non-hydrogen) atoms. The van der Waals surface area contributed by atoms with E-state index in [9.17, 15) is 103 Å². The highest BCUT2D eigenvalue weighted by Gasteiger charge is 2.25. The van der Waals surface area contributed by atoms with Gasteiger partial charge >= 0.3 is 41.8 Å². The first-order valence-corrected chi connectivity index (χ1v) is 41.1. The van der Waals surface area contributed by atoms with Crippen molar-refractivity contribution in [2.24, 2.45) is 0 Å². The Morgan fingerprint density at radius 3 is 1.06 bits per heavy atom. The Morgan fingerprint density at radius 2 is 0.675 bits per heavy atom. The van der Waals surface area contributed by atoms with Crippen molar-refractivity contribution in [1.82, 2.24) is 37.2 Å². The molecule has 36 nitrogen and oxygen atoms in total. The van der Waals surface area contributed by atoms with Crippen molar-refractivity contribution >= 4 is 211 Å². The van der Waals surface area contributed by atoms with E-state index >= 15 is 0 Å². The number of carboxylic acids is 7. The van der Waals surface area contributed by atoms with E-state index in [4.69, 9.17) is 75.3 Å². The Balaban J connectivity index is 0.000000718. The molecule has 0 heterocycles. The van der Waals surface area contributed by atoms with E-state index in [-0.39, 0.29) is 134 Å². The largest absolute Gasteiger partial charge is 0.507 e. The SMILES string of the molecule is CC(CC(=O)O)NC(=O)c1cc(Br)cc(Br)c1O.CC(CC(=O)O)NC(=O)c1cc(Br)ccc1O.CC(CC(=O)O)NC(=O)c1cc(Cl)cc(Cl)c1O.CC(CC(=O)O)NC(=O)c1cc(Cl)ccc1O.CC(CC(=O)O)NC(=O)c1cc(I)cc(I)c1O.COc1ccc(C(=O)NC(C)CC(=O)O)c(O)c1.Cc1cccc(C(=O)NC(C)CC(=O)O)c1O. The summed E-state index contributed by atoms with van der Waals surface area (Å²) < 4.78 is 7.97. The highest BCUT2D eigenvalue weighted by molar-refractivity contribution is 14.1. The summed E-state index contributed by atoms with van der Waals surface area (Å²) in [5, 5.41) is 145. The molecule has 7 atom stereocenters. The number of para-hydroxylation sites is 1. The molecule has 7 amide bonds. The fourth-order valence-electron chi connectivity index (χ4n) is 9.57. The van der Waals surface area contributed by atoms with Gasteiger partial charge in [-0.2, -0.15) is 0 Å². The normalized spacial score (nSPS) is 11.9. The molecule has 0 spiro atoms. The van der Waals surface area contributed by atoms with E-state index < -0.39 is 125 Å². The maximum Gasteiger partial charge on any atom is 0.305 e. The van der Waals surface area contributed by atoms with Gasteiger partial charge in [-0.25, -0.2) is 0 Å². The van der Waals surface area contributed by atoms with E-state index in [1.54, 1.807) is 84.9 Å². The zero-order valence-electron chi connectivity index (χ0n) is 66.3. The molecule has 0 saturated carbocycles. The second-order valence-corrected chi connectivity index (χ2v) is 32.7. The number of carbonyl (C=O) groups is 14. The van der Waals surface area contributed by atoms with Gasteiger partial charge in [0.1, 0.15) is 46.0 Å². The molecule has 44 heteroatoms. The number of phenols is 7. The number of carbonyl (C=O) groups excluding carboxylic acids is 7. The molecule has 0 bridgehead atoms. The van der Waals surface area contributed by atoms with Gasteiger partial charge in [0.15, 0.2) is 0 Å². The van der Waals surface area contributed by atoms with Crippen LogP contribution in [0.5, 0.6) is 46.0 Å². The number of carboxylic acid groups (broad SMARTS) is 7.